The average Bonchev–Trinajstić information content (AvgIpc) is 2.23. The van der Waals surface area contributed by atoms with Gasteiger partial charge >= 0.3 is 0 Å². The molecular formula is C10H19F2NO. The molecule has 4 heteroatoms. The molecule has 0 aromatic rings. The molecule has 1 rings (SSSR count). The fraction of sp³-hybridized carbons (Fsp3) is 1.00. The number of halogens is 2. The topological polar surface area (TPSA) is 12.5 Å². The van der Waals surface area contributed by atoms with Gasteiger partial charge in [-0.25, -0.2) is 8.78 Å². The third-order valence-corrected chi connectivity index (χ3v) is 2.59. The molecule has 1 atom stereocenters. The predicted octanol–water partition coefficient (Wildman–Crippen LogP) is 2.00. The molecule has 1 fully saturated rings. The Morgan fingerprint density at radius 2 is 2.14 bits per heavy atom. The van der Waals surface area contributed by atoms with E-state index < -0.39 is 12.5 Å². The van der Waals surface area contributed by atoms with Crippen molar-refractivity contribution in [3.8, 4) is 0 Å². The molecule has 1 aliphatic heterocycles. The minimum atomic E-state index is -2.69. The highest BCUT2D eigenvalue weighted by Crippen LogP contribution is 2.23. The fourth-order valence-electron chi connectivity index (χ4n) is 1.62. The zero-order valence-electron chi connectivity index (χ0n) is 9.09. The summed E-state index contributed by atoms with van der Waals surface area (Å²) >= 11 is 0. The van der Waals surface area contributed by atoms with Gasteiger partial charge in [0.05, 0.1) is 12.6 Å². The maximum absolute atomic E-state index is 13.2. The van der Waals surface area contributed by atoms with Gasteiger partial charge in [0, 0.05) is 6.54 Å². The van der Waals surface area contributed by atoms with Gasteiger partial charge in [0.1, 0.15) is 6.61 Å². The van der Waals surface area contributed by atoms with E-state index in [0.29, 0.717) is 13.1 Å². The van der Waals surface area contributed by atoms with Crippen LogP contribution in [-0.4, -0.2) is 43.2 Å². The van der Waals surface area contributed by atoms with E-state index in [4.69, 9.17) is 4.74 Å². The molecule has 0 N–H and O–H groups in total. The number of ether oxygens (including phenoxy) is 1. The van der Waals surface area contributed by atoms with Crippen LogP contribution in [0.25, 0.3) is 0 Å². The molecule has 0 bridgehead atoms. The lowest BCUT2D eigenvalue weighted by Gasteiger charge is -2.24. The van der Waals surface area contributed by atoms with Crippen molar-refractivity contribution in [1.29, 1.82) is 0 Å². The second-order valence-electron chi connectivity index (χ2n) is 4.28. The Labute approximate surface area is 84.2 Å². The van der Waals surface area contributed by atoms with Crippen molar-refractivity contribution in [3.05, 3.63) is 0 Å². The van der Waals surface area contributed by atoms with Gasteiger partial charge in [-0.15, -0.1) is 0 Å². The van der Waals surface area contributed by atoms with Gasteiger partial charge in [0.15, 0.2) is 0 Å². The van der Waals surface area contributed by atoms with Crippen LogP contribution in [0.2, 0.25) is 0 Å². The summed E-state index contributed by atoms with van der Waals surface area (Å²) in [5.41, 5.74) is 0. The fourth-order valence-corrected chi connectivity index (χ4v) is 1.62. The van der Waals surface area contributed by atoms with E-state index in [2.05, 4.69) is 0 Å². The van der Waals surface area contributed by atoms with E-state index in [-0.39, 0.29) is 18.6 Å². The number of hydrogen-bond acceptors (Lipinski definition) is 2. The van der Waals surface area contributed by atoms with Crippen molar-refractivity contribution in [3.63, 3.8) is 0 Å². The first-order valence-corrected chi connectivity index (χ1v) is 5.16. The highest BCUT2D eigenvalue weighted by molar-refractivity contribution is 4.80. The van der Waals surface area contributed by atoms with Gasteiger partial charge in [-0.3, -0.25) is 4.90 Å². The minimum absolute atomic E-state index is 0.0664. The molecule has 1 heterocycles. The summed E-state index contributed by atoms with van der Waals surface area (Å²) in [6.45, 7) is 6.56. The summed E-state index contributed by atoms with van der Waals surface area (Å²) in [6, 6.07) is 0. The van der Waals surface area contributed by atoms with E-state index >= 15 is 0 Å². The van der Waals surface area contributed by atoms with Crippen LogP contribution in [0, 0.1) is 5.92 Å². The molecule has 0 saturated carbocycles. The maximum Gasteiger partial charge on any atom is 0.283 e. The number of alkyl halides is 2. The van der Waals surface area contributed by atoms with Gasteiger partial charge in [0.2, 0.25) is 0 Å². The summed E-state index contributed by atoms with van der Waals surface area (Å²) < 4.78 is 31.6. The van der Waals surface area contributed by atoms with Crippen molar-refractivity contribution in [2.45, 2.75) is 32.8 Å². The van der Waals surface area contributed by atoms with Gasteiger partial charge in [-0.2, -0.15) is 0 Å². The molecule has 84 valence electrons. The monoisotopic (exact) mass is 207 g/mol. The Morgan fingerprint density at radius 1 is 1.50 bits per heavy atom. The summed E-state index contributed by atoms with van der Waals surface area (Å²) in [5, 5.41) is 0. The zero-order chi connectivity index (χ0) is 10.8. The smallest absolute Gasteiger partial charge is 0.283 e. The standard InChI is InChI=1S/C10H19F2NO/c1-4-13-5-9(8(2)3)14-7-10(11,12)6-13/h8-9H,4-7H2,1-3H3/t9-/m1/s1. The van der Waals surface area contributed by atoms with E-state index in [0.717, 1.165) is 0 Å². The van der Waals surface area contributed by atoms with Crippen molar-refractivity contribution in [1.82, 2.24) is 4.90 Å². The Kier molecular flexibility index (Phi) is 3.84. The van der Waals surface area contributed by atoms with Crippen molar-refractivity contribution < 1.29 is 13.5 Å². The normalized spacial score (nSPS) is 29.1. The lowest BCUT2D eigenvalue weighted by molar-refractivity contribution is -0.0881. The SMILES string of the molecule is CCN1C[C@H](C(C)C)OCC(F)(F)C1. The quantitative estimate of drug-likeness (QED) is 0.686. The molecule has 0 amide bonds. The lowest BCUT2D eigenvalue weighted by Crippen LogP contribution is -2.38. The summed E-state index contributed by atoms with van der Waals surface area (Å²) in [4.78, 5) is 1.76. The molecule has 0 unspecified atom stereocenters. The molecular weight excluding hydrogens is 188 g/mol. The first kappa shape index (κ1) is 11.9. The first-order chi connectivity index (χ1) is 6.44. The van der Waals surface area contributed by atoms with Crippen LogP contribution in [0.5, 0.6) is 0 Å². The van der Waals surface area contributed by atoms with Gasteiger partial charge in [-0.05, 0) is 12.5 Å². The number of hydrogen-bond donors (Lipinski definition) is 0. The summed E-state index contributed by atoms with van der Waals surface area (Å²) in [7, 11) is 0. The molecule has 0 aromatic carbocycles. The second-order valence-corrected chi connectivity index (χ2v) is 4.28. The summed E-state index contributed by atoms with van der Waals surface area (Å²) in [5.74, 6) is -2.41. The second kappa shape index (κ2) is 4.53. The summed E-state index contributed by atoms with van der Waals surface area (Å²) in [6.07, 6.45) is -0.0664. The van der Waals surface area contributed by atoms with E-state index in [9.17, 15) is 8.78 Å². The van der Waals surface area contributed by atoms with Crippen molar-refractivity contribution >= 4 is 0 Å². The van der Waals surface area contributed by atoms with E-state index in [1.54, 1.807) is 4.90 Å². The number of rotatable bonds is 2. The third-order valence-electron chi connectivity index (χ3n) is 2.59. The van der Waals surface area contributed by atoms with Crippen LogP contribution in [0.4, 0.5) is 8.78 Å². The maximum atomic E-state index is 13.2. The molecule has 0 spiro atoms. The Hall–Kier alpha value is -0.220. The van der Waals surface area contributed by atoms with Crippen LogP contribution in [-0.2, 0) is 4.74 Å². The predicted molar refractivity (Wildman–Crippen MR) is 51.6 cm³/mol. The van der Waals surface area contributed by atoms with Crippen molar-refractivity contribution in [2.75, 3.05) is 26.2 Å². The third kappa shape index (κ3) is 3.17. The van der Waals surface area contributed by atoms with E-state index in [1.807, 2.05) is 20.8 Å². The molecule has 14 heavy (non-hydrogen) atoms. The van der Waals surface area contributed by atoms with Crippen LogP contribution in [0.15, 0.2) is 0 Å². The molecule has 1 saturated heterocycles. The average molecular weight is 207 g/mol. The number of nitrogens with zero attached hydrogens (tertiary/aromatic N) is 1. The Balaban J connectivity index is 2.63. The van der Waals surface area contributed by atoms with Crippen LogP contribution in [0.3, 0.4) is 0 Å². The molecule has 0 aromatic heterocycles. The largest absolute Gasteiger partial charge is 0.370 e. The lowest BCUT2D eigenvalue weighted by atomic mass is 10.1. The van der Waals surface area contributed by atoms with Gasteiger partial charge < -0.3 is 4.74 Å². The van der Waals surface area contributed by atoms with Gasteiger partial charge in [-0.1, -0.05) is 20.8 Å². The Morgan fingerprint density at radius 3 is 2.64 bits per heavy atom. The zero-order valence-corrected chi connectivity index (χ0v) is 9.09. The molecule has 2 nitrogen and oxygen atoms in total. The minimum Gasteiger partial charge on any atom is -0.370 e. The van der Waals surface area contributed by atoms with Crippen molar-refractivity contribution in [2.24, 2.45) is 5.92 Å². The molecule has 1 aliphatic rings. The van der Waals surface area contributed by atoms with Crippen LogP contribution < -0.4 is 0 Å². The highest BCUT2D eigenvalue weighted by atomic mass is 19.3. The Bertz CT molecular complexity index is 185. The molecule has 0 radical (unpaired) electrons. The van der Waals surface area contributed by atoms with Crippen LogP contribution in [0.1, 0.15) is 20.8 Å². The highest BCUT2D eigenvalue weighted by Gasteiger charge is 2.37. The molecule has 0 aliphatic carbocycles. The van der Waals surface area contributed by atoms with Gasteiger partial charge in [0.25, 0.3) is 5.92 Å². The first-order valence-electron chi connectivity index (χ1n) is 5.16. The van der Waals surface area contributed by atoms with E-state index in [1.165, 1.54) is 0 Å². The van der Waals surface area contributed by atoms with Crippen LogP contribution >= 0.6 is 0 Å². The number of likely N-dealkylation sites (N-methyl/N-ethyl adjacent to an activating group) is 1.